The zero-order chi connectivity index (χ0) is 67.8. The largest absolute Gasteiger partial charge is 0.208 e. The summed E-state index contributed by atoms with van der Waals surface area (Å²) in [5.41, 5.74) is 19.7. The smallest absolute Gasteiger partial charge is 0.164 e. The maximum atomic E-state index is 5.22. The second kappa shape index (κ2) is 24.5. The molecule has 0 spiro atoms. The minimum Gasteiger partial charge on any atom is -0.208 e. The molecule has 0 radical (unpaired) electrons. The summed E-state index contributed by atoms with van der Waals surface area (Å²) in [5, 5.41) is 9.46. The number of benzene rings is 13. The molecule has 0 bridgehead atoms. The average Bonchev–Trinajstić information content (AvgIpc) is 0.709. The Morgan fingerprint density at radius 2 is 0.449 bits per heavy atom. The van der Waals surface area contributed by atoms with Crippen LogP contribution in [0, 0.1) is 0 Å². The van der Waals surface area contributed by atoms with Crippen molar-refractivity contribution in [2.24, 2.45) is 0 Å². The molecule has 0 fully saturated rings. The van der Waals surface area contributed by atoms with Crippen LogP contribution in [0.5, 0.6) is 0 Å². The molecule has 0 unspecified atom stereocenters. The molecule has 15 aromatic rings. The molecule has 2 aromatic heterocycles. The van der Waals surface area contributed by atoms with Crippen LogP contribution in [0.25, 0.3) is 156 Å². The van der Waals surface area contributed by atoms with Gasteiger partial charge in [0.25, 0.3) is 0 Å². The Morgan fingerprint density at radius 1 is 0.194 bits per heavy atom. The lowest BCUT2D eigenvalue weighted by atomic mass is 9.80. The van der Waals surface area contributed by atoms with Crippen LogP contribution >= 0.6 is 0 Å². The Labute approximate surface area is 576 Å². The van der Waals surface area contributed by atoms with Gasteiger partial charge in [-0.05, 0) is 144 Å². The summed E-state index contributed by atoms with van der Waals surface area (Å²) in [6.45, 7) is 26.9. The molecule has 0 atom stereocenters. The fourth-order valence-electron chi connectivity index (χ4n) is 13.8. The lowest BCUT2D eigenvalue weighted by molar-refractivity contribution is 0.590. The average molecular weight is 1270 g/mol. The van der Waals surface area contributed by atoms with E-state index in [2.05, 4.69) is 350 Å². The number of aromatic nitrogens is 6. The third-order valence-electron chi connectivity index (χ3n) is 19.5. The molecule has 2 heterocycles. The van der Waals surface area contributed by atoms with E-state index in [-0.39, 0.29) is 21.7 Å². The van der Waals surface area contributed by atoms with Gasteiger partial charge in [0.2, 0.25) is 0 Å². The lowest BCUT2D eigenvalue weighted by Gasteiger charge is -2.23. The quantitative estimate of drug-likeness (QED) is 0.100. The van der Waals surface area contributed by atoms with Crippen molar-refractivity contribution in [1.29, 1.82) is 0 Å². The summed E-state index contributed by atoms with van der Waals surface area (Å²) in [6.07, 6.45) is 0. The molecule has 0 saturated heterocycles. The molecule has 0 aliphatic heterocycles. The van der Waals surface area contributed by atoms with E-state index in [4.69, 9.17) is 29.9 Å². The zero-order valence-corrected chi connectivity index (χ0v) is 58.1. The van der Waals surface area contributed by atoms with Gasteiger partial charge < -0.3 is 0 Å². The van der Waals surface area contributed by atoms with Gasteiger partial charge in [0, 0.05) is 33.4 Å². The highest BCUT2D eigenvalue weighted by molar-refractivity contribution is 6.30. The molecule has 0 N–H and O–H groups in total. The minimum atomic E-state index is 0.00983. The molecular formula is C92H80N6. The predicted octanol–water partition coefficient (Wildman–Crippen LogP) is 24.5. The Hall–Kier alpha value is -11.1. The molecule has 478 valence electrons. The first-order valence-electron chi connectivity index (χ1n) is 34.2. The van der Waals surface area contributed by atoms with Crippen LogP contribution in [0.4, 0.5) is 0 Å². The molecule has 0 aliphatic carbocycles. The Balaban J connectivity index is 0.864. The molecule has 6 nitrogen and oxygen atoms in total. The molecule has 15 rings (SSSR count). The van der Waals surface area contributed by atoms with Crippen molar-refractivity contribution in [1.82, 2.24) is 29.9 Å². The van der Waals surface area contributed by atoms with Crippen LogP contribution in [0.2, 0.25) is 0 Å². The fraction of sp³-hybridized carbons (Fsp3) is 0.174. The van der Waals surface area contributed by atoms with E-state index < -0.39 is 0 Å². The maximum Gasteiger partial charge on any atom is 0.164 e. The van der Waals surface area contributed by atoms with Crippen molar-refractivity contribution >= 4 is 43.1 Å². The van der Waals surface area contributed by atoms with E-state index in [0.29, 0.717) is 34.9 Å². The van der Waals surface area contributed by atoms with E-state index in [1.165, 1.54) is 76.5 Å². The summed E-state index contributed by atoms with van der Waals surface area (Å²) in [6, 6.07) is 97.3. The van der Waals surface area contributed by atoms with E-state index in [9.17, 15) is 0 Å². The summed E-state index contributed by atoms with van der Waals surface area (Å²) in [4.78, 5) is 31.2. The summed E-state index contributed by atoms with van der Waals surface area (Å²) < 4.78 is 0. The van der Waals surface area contributed by atoms with E-state index in [1.54, 1.807) is 0 Å². The molecule has 13 aromatic carbocycles. The molecule has 0 aliphatic rings. The third kappa shape index (κ3) is 12.1. The highest BCUT2D eigenvalue weighted by Crippen LogP contribution is 2.51. The van der Waals surface area contributed by atoms with Crippen molar-refractivity contribution in [3.8, 4) is 113 Å². The SMILES string of the molecule is CC(C)(C)c1ccc(-c2nc(-c3ccc(-c4ccccc4-c4c5cc6ccccc6cc5c(-c5ccccc5-c5ccc(-c6nc(-c7ccc(C(C)(C)C)cc7)nc(-c7ccc(C(C)(C)C)cc7)n6)cc5)c5c4ccc4ccccc45)cc3)nc(-c3ccc(C(C)(C)C)cc3)n2)cc1. The van der Waals surface area contributed by atoms with Gasteiger partial charge in [-0.3, -0.25) is 0 Å². The van der Waals surface area contributed by atoms with Crippen molar-refractivity contribution in [2.75, 3.05) is 0 Å². The first-order chi connectivity index (χ1) is 47.1. The zero-order valence-electron chi connectivity index (χ0n) is 58.1. The first-order valence-corrected chi connectivity index (χ1v) is 34.2. The van der Waals surface area contributed by atoms with Gasteiger partial charge >= 0.3 is 0 Å². The highest BCUT2D eigenvalue weighted by atomic mass is 15.0. The summed E-state index contributed by atoms with van der Waals surface area (Å²) >= 11 is 0. The fourth-order valence-corrected chi connectivity index (χ4v) is 13.8. The Morgan fingerprint density at radius 3 is 0.776 bits per heavy atom. The van der Waals surface area contributed by atoms with Crippen LogP contribution in [-0.4, -0.2) is 29.9 Å². The standard InChI is InChI=1S/C92H80N6/c1-89(2,3)68-46-37-62(38-47-68)85-93-83(94-86(97-85)63-39-48-69(49-40-63)90(4,5)6)60-33-29-58(30-34-60)72-24-17-19-27-75(72)80-77-54-45-57-21-15-16-26-74(57)81(77)82(79-56-67-23-14-13-22-66(67)55-78(79)80)76-28-20-18-25-73(76)59-31-35-61(36-32-59)84-95-87(64-41-50-70(51-42-64)91(7,8)9)98-88(96-84)65-43-52-71(53-44-65)92(10,11)12/h13-56H,1-12H3. The molecule has 6 heteroatoms. The second-order valence-corrected chi connectivity index (χ2v) is 30.4. The van der Waals surface area contributed by atoms with Gasteiger partial charge in [-0.15, -0.1) is 0 Å². The number of hydrogen-bond donors (Lipinski definition) is 0. The summed E-state index contributed by atoms with van der Waals surface area (Å²) in [5.74, 6) is 3.79. The van der Waals surface area contributed by atoms with Crippen LogP contribution in [0.1, 0.15) is 105 Å². The van der Waals surface area contributed by atoms with Gasteiger partial charge in [0.15, 0.2) is 34.9 Å². The highest BCUT2D eigenvalue weighted by Gasteiger charge is 2.26. The Kier molecular flexibility index (Phi) is 15.8. The topological polar surface area (TPSA) is 77.3 Å². The third-order valence-corrected chi connectivity index (χ3v) is 19.5. The van der Waals surface area contributed by atoms with Crippen LogP contribution in [0.15, 0.2) is 267 Å². The predicted molar refractivity (Wildman–Crippen MR) is 412 cm³/mol. The van der Waals surface area contributed by atoms with E-state index >= 15 is 0 Å². The van der Waals surface area contributed by atoms with Gasteiger partial charge in [-0.1, -0.05) is 338 Å². The Bertz CT molecular complexity index is 5370. The lowest BCUT2D eigenvalue weighted by Crippen LogP contribution is -2.11. The number of rotatable bonds is 10. The number of nitrogens with zero attached hydrogens (tertiary/aromatic N) is 6. The van der Waals surface area contributed by atoms with Crippen LogP contribution < -0.4 is 0 Å². The first kappa shape index (κ1) is 63.0. The van der Waals surface area contributed by atoms with Crippen LogP contribution in [-0.2, 0) is 21.7 Å². The van der Waals surface area contributed by atoms with Crippen LogP contribution in [0.3, 0.4) is 0 Å². The number of hydrogen-bond acceptors (Lipinski definition) is 6. The van der Waals surface area contributed by atoms with E-state index in [0.717, 1.165) is 66.8 Å². The maximum absolute atomic E-state index is 5.22. The van der Waals surface area contributed by atoms with Crippen molar-refractivity contribution < 1.29 is 0 Å². The molecule has 98 heavy (non-hydrogen) atoms. The van der Waals surface area contributed by atoms with E-state index in [1.807, 2.05) is 0 Å². The molecule has 0 saturated carbocycles. The summed E-state index contributed by atoms with van der Waals surface area (Å²) in [7, 11) is 0. The van der Waals surface area contributed by atoms with Crippen molar-refractivity contribution in [3.63, 3.8) is 0 Å². The second-order valence-electron chi connectivity index (χ2n) is 30.4. The van der Waals surface area contributed by atoms with Crippen molar-refractivity contribution in [3.05, 3.63) is 289 Å². The van der Waals surface area contributed by atoms with Crippen molar-refractivity contribution in [2.45, 2.75) is 105 Å². The normalized spacial score (nSPS) is 12.3. The molecule has 0 amide bonds. The van der Waals surface area contributed by atoms with Gasteiger partial charge in [-0.2, -0.15) is 0 Å². The van der Waals surface area contributed by atoms with Gasteiger partial charge in [-0.25, -0.2) is 29.9 Å². The van der Waals surface area contributed by atoms with Gasteiger partial charge in [0.1, 0.15) is 0 Å². The minimum absolute atomic E-state index is 0.00983. The number of fused-ring (bicyclic) bond motifs is 5. The monoisotopic (exact) mass is 1270 g/mol. The molecular weight excluding hydrogens is 1190 g/mol. The van der Waals surface area contributed by atoms with Gasteiger partial charge in [0.05, 0.1) is 0 Å².